The molecule has 2 aliphatic rings. The van der Waals surface area contributed by atoms with Gasteiger partial charge in [0.15, 0.2) is 0 Å². The largest absolute Gasteiger partial charge is 0.327 e. The van der Waals surface area contributed by atoms with E-state index in [0.717, 1.165) is 24.4 Å². The van der Waals surface area contributed by atoms with Gasteiger partial charge in [-0.2, -0.15) is 0 Å². The van der Waals surface area contributed by atoms with Gasteiger partial charge in [-0.25, -0.2) is 0 Å². The Bertz CT molecular complexity index is 221. The summed E-state index contributed by atoms with van der Waals surface area (Å²) in [7, 11) is 0. The van der Waals surface area contributed by atoms with E-state index < -0.39 is 0 Å². The number of rotatable bonds is 5. The van der Waals surface area contributed by atoms with E-state index in [9.17, 15) is 0 Å². The van der Waals surface area contributed by atoms with Crippen molar-refractivity contribution in [2.45, 2.75) is 70.9 Å². The molecule has 1 aliphatic carbocycles. The van der Waals surface area contributed by atoms with Crippen LogP contribution < -0.4 is 5.73 Å². The molecule has 2 atom stereocenters. The summed E-state index contributed by atoms with van der Waals surface area (Å²) < 4.78 is 0. The molecule has 2 nitrogen and oxygen atoms in total. The lowest BCUT2D eigenvalue weighted by molar-refractivity contribution is 0.175. The lowest BCUT2D eigenvalue weighted by Crippen LogP contribution is -2.43. The van der Waals surface area contributed by atoms with Gasteiger partial charge in [0.25, 0.3) is 0 Å². The van der Waals surface area contributed by atoms with Gasteiger partial charge in [-0.3, -0.25) is 4.90 Å². The van der Waals surface area contributed by atoms with Gasteiger partial charge in [-0.05, 0) is 50.5 Å². The van der Waals surface area contributed by atoms with Crippen LogP contribution in [0.15, 0.2) is 0 Å². The second-order valence-electron chi connectivity index (χ2n) is 6.64. The zero-order chi connectivity index (χ0) is 12.3. The van der Waals surface area contributed by atoms with E-state index in [0.29, 0.717) is 6.04 Å². The third-order valence-electron chi connectivity index (χ3n) is 4.60. The van der Waals surface area contributed by atoms with Gasteiger partial charge in [0.05, 0.1) is 0 Å². The van der Waals surface area contributed by atoms with Crippen molar-refractivity contribution in [2.24, 2.45) is 17.6 Å². The van der Waals surface area contributed by atoms with Crippen molar-refractivity contribution < 1.29 is 0 Å². The third-order valence-corrected chi connectivity index (χ3v) is 4.60. The highest BCUT2D eigenvalue weighted by Crippen LogP contribution is 2.35. The van der Waals surface area contributed by atoms with Crippen molar-refractivity contribution in [1.29, 1.82) is 0 Å². The lowest BCUT2D eigenvalue weighted by Gasteiger charge is -2.31. The highest BCUT2D eigenvalue weighted by molar-refractivity contribution is 4.89. The molecule has 0 bridgehead atoms. The molecule has 0 aromatic rings. The van der Waals surface area contributed by atoms with Crippen LogP contribution in [0.2, 0.25) is 0 Å². The first kappa shape index (κ1) is 13.4. The number of nitrogens with zero attached hydrogens (tertiary/aromatic N) is 1. The fourth-order valence-corrected chi connectivity index (χ4v) is 3.94. The van der Waals surface area contributed by atoms with Crippen LogP contribution in [0.25, 0.3) is 0 Å². The molecule has 100 valence electrons. The molecule has 0 amide bonds. The second-order valence-corrected chi connectivity index (χ2v) is 6.64. The molecule has 1 saturated heterocycles. The molecule has 2 rings (SSSR count). The van der Waals surface area contributed by atoms with Gasteiger partial charge < -0.3 is 5.73 Å². The van der Waals surface area contributed by atoms with Crippen LogP contribution in [0.3, 0.4) is 0 Å². The molecule has 1 heterocycles. The summed E-state index contributed by atoms with van der Waals surface area (Å²) in [5.41, 5.74) is 6.27. The van der Waals surface area contributed by atoms with E-state index in [1.54, 1.807) is 0 Å². The molecule has 2 heteroatoms. The summed E-state index contributed by atoms with van der Waals surface area (Å²) in [6.07, 6.45) is 9.88. The van der Waals surface area contributed by atoms with E-state index in [2.05, 4.69) is 18.7 Å². The predicted molar refractivity (Wildman–Crippen MR) is 74.0 cm³/mol. The number of nitrogens with two attached hydrogens (primary N) is 1. The van der Waals surface area contributed by atoms with E-state index in [4.69, 9.17) is 5.73 Å². The van der Waals surface area contributed by atoms with E-state index >= 15 is 0 Å². The third kappa shape index (κ3) is 3.69. The fraction of sp³-hybridized carbons (Fsp3) is 1.00. The maximum absolute atomic E-state index is 6.27. The summed E-state index contributed by atoms with van der Waals surface area (Å²) >= 11 is 0. The van der Waals surface area contributed by atoms with Gasteiger partial charge in [0.2, 0.25) is 0 Å². The Morgan fingerprint density at radius 1 is 1.12 bits per heavy atom. The summed E-state index contributed by atoms with van der Waals surface area (Å²) in [6.45, 7) is 6.99. The molecule has 1 aliphatic heterocycles. The average Bonchev–Trinajstić information content (AvgIpc) is 2.84. The van der Waals surface area contributed by atoms with Crippen LogP contribution in [0.4, 0.5) is 0 Å². The van der Waals surface area contributed by atoms with Crippen LogP contribution >= 0.6 is 0 Å². The first-order chi connectivity index (χ1) is 8.16. The molecule has 1 unspecified atom stereocenters. The number of likely N-dealkylation sites (tertiary alicyclic amines) is 1. The Morgan fingerprint density at radius 2 is 1.82 bits per heavy atom. The predicted octanol–water partition coefficient (Wildman–Crippen LogP) is 3.01. The monoisotopic (exact) mass is 238 g/mol. The molecule has 2 N–H and O–H groups in total. The average molecular weight is 238 g/mol. The van der Waals surface area contributed by atoms with Crippen molar-refractivity contribution in [2.75, 3.05) is 13.1 Å². The van der Waals surface area contributed by atoms with Crippen LogP contribution in [-0.4, -0.2) is 30.1 Å². The minimum Gasteiger partial charge on any atom is -0.327 e. The SMILES string of the molecule is CC(C)C[C@H](N)CN1CCCC1C1CCCC1. The maximum atomic E-state index is 6.27. The summed E-state index contributed by atoms with van der Waals surface area (Å²) in [6, 6.07) is 1.26. The van der Waals surface area contributed by atoms with E-state index in [1.165, 1.54) is 51.5 Å². The normalized spacial score (nSPS) is 29.3. The van der Waals surface area contributed by atoms with Crippen molar-refractivity contribution in [1.82, 2.24) is 4.90 Å². The molecule has 0 radical (unpaired) electrons. The van der Waals surface area contributed by atoms with Crippen LogP contribution in [0.1, 0.15) is 58.8 Å². The highest BCUT2D eigenvalue weighted by Gasteiger charge is 2.33. The van der Waals surface area contributed by atoms with Crippen LogP contribution in [0, 0.1) is 11.8 Å². The quantitative estimate of drug-likeness (QED) is 0.798. The first-order valence-electron chi connectivity index (χ1n) is 7.66. The van der Waals surface area contributed by atoms with Crippen LogP contribution in [0.5, 0.6) is 0 Å². The molecule has 2 fully saturated rings. The Kier molecular flexibility index (Phi) is 4.87. The topological polar surface area (TPSA) is 29.3 Å². The lowest BCUT2D eigenvalue weighted by atomic mass is 9.95. The number of hydrogen-bond donors (Lipinski definition) is 1. The molecule has 0 aromatic carbocycles. The highest BCUT2D eigenvalue weighted by atomic mass is 15.2. The van der Waals surface area contributed by atoms with Crippen molar-refractivity contribution in [3.63, 3.8) is 0 Å². The van der Waals surface area contributed by atoms with Gasteiger partial charge in [-0.1, -0.05) is 26.7 Å². The molecule has 17 heavy (non-hydrogen) atoms. The Labute approximate surface area is 107 Å². The molecule has 0 aromatic heterocycles. The zero-order valence-electron chi connectivity index (χ0n) is 11.7. The fourth-order valence-electron chi connectivity index (χ4n) is 3.94. The Balaban J connectivity index is 1.82. The van der Waals surface area contributed by atoms with Gasteiger partial charge in [0.1, 0.15) is 0 Å². The van der Waals surface area contributed by atoms with Gasteiger partial charge in [-0.15, -0.1) is 0 Å². The molecule has 1 saturated carbocycles. The summed E-state index contributed by atoms with van der Waals surface area (Å²) in [5, 5.41) is 0. The molecular formula is C15H30N2. The van der Waals surface area contributed by atoms with Crippen molar-refractivity contribution in [3.05, 3.63) is 0 Å². The first-order valence-corrected chi connectivity index (χ1v) is 7.66. The standard InChI is InChI=1S/C15H30N2/c1-12(2)10-14(16)11-17-9-5-8-15(17)13-6-3-4-7-13/h12-15H,3-11,16H2,1-2H3/t14-,15?/m0/s1. The smallest absolute Gasteiger partial charge is 0.0170 e. The minimum absolute atomic E-state index is 0.386. The molecule has 0 spiro atoms. The minimum atomic E-state index is 0.386. The zero-order valence-corrected chi connectivity index (χ0v) is 11.7. The summed E-state index contributed by atoms with van der Waals surface area (Å²) in [4.78, 5) is 2.71. The van der Waals surface area contributed by atoms with Crippen molar-refractivity contribution in [3.8, 4) is 0 Å². The summed E-state index contributed by atoms with van der Waals surface area (Å²) in [5.74, 6) is 1.72. The van der Waals surface area contributed by atoms with Crippen molar-refractivity contribution >= 4 is 0 Å². The van der Waals surface area contributed by atoms with Crippen LogP contribution in [-0.2, 0) is 0 Å². The Hall–Kier alpha value is -0.0800. The number of hydrogen-bond acceptors (Lipinski definition) is 2. The second kappa shape index (κ2) is 6.19. The molecular weight excluding hydrogens is 208 g/mol. The van der Waals surface area contributed by atoms with Gasteiger partial charge in [0, 0.05) is 18.6 Å². The van der Waals surface area contributed by atoms with E-state index in [1.807, 2.05) is 0 Å². The maximum Gasteiger partial charge on any atom is 0.0170 e. The Morgan fingerprint density at radius 3 is 2.47 bits per heavy atom. The van der Waals surface area contributed by atoms with Gasteiger partial charge >= 0.3 is 0 Å². The van der Waals surface area contributed by atoms with E-state index in [-0.39, 0.29) is 0 Å².